The fourth-order valence-corrected chi connectivity index (χ4v) is 5.07. The molecule has 2 aromatic carbocycles. The first kappa shape index (κ1) is 20.2. The van der Waals surface area contributed by atoms with Crippen molar-refractivity contribution < 1.29 is 14.2 Å². The maximum absolute atomic E-state index is 6.33. The predicted octanol–water partition coefficient (Wildman–Crippen LogP) is 5.17. The van der Waals surface area contributed by atoms with E-state index in [9.17, 15) is 0 Å². The van der Waals surface area contributed by atoms with Crippen LogP contribution in [0, 0.1) is 0 Å². The number of nitrogens with zero attached hydrogens (tertiary/aromatic N) is 3. The zero-order valence-corrected chi connectivity index (χ0v) is 18.3. The summed E-state index contributed by atoms with van der Waals surface area (Å²) in [6.45, 7) is 1.38. The molecule has 33 heavy (non-hydrogen) atoms. The standard InChI is InChI=1S/C26H26N4O3/c27-25-24-22(18-6-8-21(9-7-18)33-20-4-2-1-3-5-20)16-23(30(24)29-17-28-25)19-10-12-26(13-11-19)31-14-15-32-26/h1-9,16-17,19H,10-15H2,(H2,27,28,29). The average molecular weight is 443 g/mol. The third-order valence-electron chi connectivity index (χ3n) is 6.73. The van der Waals surface area contributed by atoms with Crippen LogP contribution in [0.2, 0.25) is 0 Å². The van der Waals surface area contributed by atoms with Crippen LogP contribution < -0.4 is 10.5 Å². The van der Waals surface area contributed by atoms with Crippen LogP contribution in [0.4, 0.5) is 5.82 Å². The highest BCUT2D eigenvalue weighted by atomic mass is 16.7. The summed E-state index contributed by atoms with van der Waals surface area (Å²) in [5.74, 6) is 2.05. The second-order valence-electron chi connectivity index (χ2n) is 8.71. The molecular formula is C26H26N4O3. The van der Waals surface area contributed by atoms with E-state index >= 15 is 0 Å². The first-order chi connectivity index (χ1) is 16.2. The Labute approximate surface area is 192 Å². The van der Waals surface area contributed by atoms with E-state index in [1.54, 1.807) is 0 Å². The van der Waals surface area contributed by atoms with E-state index in [-0.39, 0.29) is 5.79 Å². The monoisotopic (exact) mass is 442 g/mol. The largest absolute Gasteiger partial charge is 0.457 e. The van der Waals surface area contributed by atoms with Crippen LogP contribution in [0.15, 0.2) is 67.0 Å². The van der Waals surface area contributed by atoms with Crippen LogP contribution in [0.25, 0.3) is 16.6 Å². The van der Waals surface area contributed by atoms with E-state index in [1.165, 1.54) is 6.33 Å². The Balaban J connectivity index is 1.32. The molecule has 168 valence electrons. The maximum atomic E-state index is 6.33. The number of nitrogens with two attached hydrogens (primary N) is 1. The first-order valence-electron chi connectivity index (χ1n) is 11.4. The van der Waals surface area contributed by atoms with Gasteiger partial charge in [-0.05, 0) is 48.7 Å². The van der Waals surface area contributed by atoms with E-state index in [2.05, 4.69) is 28.3 Å². The summed E-state index contributed by atoms with van der Waals surface area (Å²) in [4.78, 5) is 4.26. The van der Waals surface area contributed by atoms with Gasteiger partial charge in [0.25, 0.3) is 0 Å². The third kappa shape index (κ3) is 3.73. The number of para-hydroxylation sites is 1. The Hall–Kier alpha value is -3.42. The van der Waals surface area contributed by atoms with Crippen LogP contribution in [0.1, 0.15) is 37.3 Å². The molecule has 1 saturated carbocycles. The number of benzene rings is 2. The van der Waals surface area contributed by atoms with Crippen molar-refractivity contribution in [1.29, 1.82) is 0 Å². The van der Waals surface area contributed by atoms with Crippen molar-refractivity contribution >= 4 is 11.3 Å². The predicted molar refractivity (Wildman–Crippen MR) is 125 cm³/mol. The molecule has 1 aliphatic carbocycles. The van der Waals surface area contributed by atoms with Crippen molar-refractivity contribution in [2.45, 2.75) is 37.4 Å². The maximum Gasteiger partial charge on any atom is 0.168 e. The van der Waals surface area contributed by atoms with E-state index < -0.39 is 0 Å². The van der Waals surface area contributed by atoms with Crippen LogP contribution in [0.3, 0.4) is 0 Å². The number of hydrogen-bond donors (Lipinski definition) is 1. The van der Waals surface area contributed by atoms with Gasteiger partial charge in [-0.25, -0.2) is 9.50 Å². The number of aromatic nitrogens is 3. The third-order valence-corrected chi connectivity index (χ3v) is 6.73. The lowest BCUT2D eigenvalue weighted by atomic mass is 9.83. The van der Waals surface area contributed by atoms with Crippen molar-refractivity contribution in [3.05, 3.63) is 72.7 Å². The van der Waals surface area contributed by atoms with E-state index in [0.29, 0.717) is 24.9 Å². The molecule has 1 aliphatic heterocycles. The SMILES string of the molecule is Nc1ncnn2c(C3CCC4(CC3)OCCO4)cc(-c3ccc(Oc4ccccc4)cc3)c12. The summed E-state index contributed by atoms with van der Waals surface area (Å²) < 4.78 is 19.7. The van der Waals surface area contributed by atoms with Crippen molar-refractivity contribution in [2.75, 3.05) is 18.9 Å². The minimum absolute atomic E-state index is 0.361. The second kappa shape index (κ2) is 8.17. The molecule has 1 spiro atoms. The molecule has 2 fully saturated rings. The highest BCUT2D eigenvalue weighted by Gasteiger charge is 2.41. The van der Waals surface area contributed by atoms with E-state index in [1.807, 2.05) is 47.0 Å². The summed E-state index contributed by atoms with van der Waals surface area (Å²) in [7, 11) is 0. The highest BCUT2D eigenvalue weighted by molar-refractivity contribution is 5.88. The molecule has 2 N–H and O–H groups in total. The summed E-state index contributed by atoms with van der Waals surface area (Å²) in [5, 5.41) is 4.56. The minimum Gasteiger partial charge on any atom is -0.457 e. The van der Waals surface area contributed by atoms with Gasteiger partial charge in [0.2, 0.25) is 0 Å². The van der Waals surface area contributed by atoms with Gasteiger partial charge in [0.05, 0.1) is 13.2 Å². The van der Waals surface area contributed by atoms with Gasteiger partial charge in [-0.2, -0.15) is 5.10 Å². The number of hydrogen-bond acceptors (Lipinski definition) is 6. The fraction of sp³-hybridized carbons (Fsp3) is 0.308. The van der Waals surface area contributed by atoms with Crippen LogP contribution in [-0.4, -0.2) is 33.6 Å². The Kier molecular flexibility index (Phi) is 5.00. The number of nitrogen functional groups attached to an aromatic ring is 1. The van der Waals surface area contributed by atoms with Crippen molar-refractivity contribution in [1.82, 2.24) is 14.6 Å². The second-order valence-corrected chi connectivity index (χ2v) is 8.71. The molecule has 2 aliphatic rings. The molecule has 0 bridgehead atoms. The van der Waals surface area contributed by atoms with Gasteiger partial charge in [-0.15, -0.1) is 0 Å². The van der Waals surface area contributed by atoms with Gasteiger partial charge >= 0.3 is 0 Å². The summed E-state index contributed by atoms with van der Waals surface area (Å²) in [6.07, 6.45) is 5.29. The van der Waals surface area contributed by atoms with Gasteiger partial charge in [-0.1, -0.05) is 30.3 Å². The fourth-order valence-electron chi connectivity index (χ4n) is 5.07. The molecule has 0 radical (unpaired) electrons. The zero-order valence-electron chi connectivity index (χ0n) is 18.3. The van der Waals surface area contributed by atoms with Crippen LogP contribution >= 0.6 is 0 Å². The number of rotatable bonds is 4. The molecule has 7 nitrogen and oxygen atoms in total. The van der Waals surface area contributed by atoms with Crippen LogP contribution in [-0.2, 0) is 9.47 Å². The van der Waals surface area contributed by atoms with Gasteiger partial charge in [-0.3, -0.25) is 0 Å². The van der Waals surface area contributed by atoms with Gasteiger partial charge < -0.3 is 19.9 Å². The van der Waals surface area contributed by atoms with Gasteiger partial charge in [0.1, 0.15) is 23.3 Å². The smallest absolute Gasteiger partial charge is 0.168 e. The average Bonchev–Trinajstić information content (AvgIpc) is 3.47. The quantitative estimate of drug-likeness (QED) is 0.469. The van der Waals surface area contributed by atoms with Gasteiger partial charge in [0, 0.05) is 30.0 Å². The lowest BCUT2D eigenvalue weighted by molar-refractivity contribution is -0.179. The molecule has 1 saturated heterocycles. The topological polar surface area (TPSA) is 83.9 Å². The summed E-state index contributed by atoms with van der Waals surface area (Å²) in [6, 6.07) is 20.0. The first-order valence-corrected chi connectivity index (χ1v) is 11.4. The Morgan fingerprint density at radius 1 is 0.939 bits per heavy atom. The Morgan fingerprint density at radius 2 is 1.64 bits per heavy atom. The lowest BCUT2D eigenvalue weighted by Crippen LogP contribution is -2.34. The molecule has 3 heterocycles. The zero-order chi connectivity index (χ0) is 22.3. The van der Waals surface area contributed by atoms with Crippen molar-refractivity contribution in [2.24, 2.45) is 0 Å². The lowest BCUT2D eigenvalue weighted by Gasteiger charge is -2.35. The number of ether oxygens (including phenoxy) is 3. The van der Waals surface area contributed by atoms with Crippen molar-refractivity contribution in [3.8, 4) is 22.6 Å². The Bertz CT molecular complexity index is 1250. The summed E-state index contributed by atoms with van der Waals surface area (Å²) in [5.41, 5.74) is 10.4. The molecule has 0 atom stereocenters. The molecule has 0 unspecified atom stereocenters. The molecule has 6 rings (SSSR count). The minimum atomic E-state index is -0.380. The van der Waals surface area contributed by atoms with E-state index in [0.717, 1.165) is 59.5 Å². The van der Waals surface area contributed by atoms with Crippen molar-refractivity contribution in [3.63, 3.8) is 0 Å². The summed E-state index contributed by atoms with van der Waals surface area (Å²) >= 11 is 0. The molecule has 0 amide bonds. The molecule has 7 heteroatoms. The number of anilines is 1. The van der Waals surface area contributed by atoms with Crippen LogP contribution in [0.5, 0.6) is 11.5 Å². The van der Waals surface area contributed by atoms with Gasteiger partial charge in [0.15, 0.2) is 11.6 Å². The van der Waals surface area contributed by atoms with E-state index in [4.69, 9.17) is 19.9 Å². The Morgan fingerprint density at radius 3 is 2.36 bits per heavy atom. The molecule has 4 aromatic rings. The highest BCUT2D eigenvalue weighted by Crippen LogP contribution is 2.44. The normalized spacial score (nSPS) is 18.2. The molecular weight excluding hydrogens is 416 g/mol. The number of fused-ring (bicyclic) bond motifs is 1. The molecule has 2 aromatic heterocycles.